The number of ether oxygens (including phenoxy) is 3. The van der Waals surface area contributed by atoms with Gasteiger partial charge in [-0.05, 0) is 49.1 Å². The molecule has 6 heteroatoms. The third-order valence-electron chi connectivity index (χ3n) is 5.14. The number of hydrogen-bond acceptors (Lipinski definition) is 5. The molecule has 2 unspecified atom stereocenters. The van der Waals surface area contributed by atoms with E-state index in [9.17, 15) is 4.79 Å². The highest BCUT2D eigenvalue weighted by Crippen LogP contribution is 2.28. The number of nitrogens with two attached hydrogens (primary N) is 1. The van der Waals surface area contributed by atoms with Gasteiger partial charge in [0.2, 0.25) is 5.91 Å². The highest BCUT2D eigenvalue weighted by atomic mass is 16.5. The number of hydrogen-bond donors (Lipinski definition) is 1. The summed E-state index contributed by atoms with van der Waals surface area (Å²) in [7, 11) is 3.27. The molecule has 0 aliphatic rings. The standard InChI is InChI=1S/C24H38N2O4/c1-6-10-20(23(25)27)11-7-8-12-21(18(2)3)15-19-16-22(24(29-5)26-17-19)30-14-9-13-28-4/h6-8,16-18,20-21H,1,9-15H2,2-5H3,(H2,25,27). The maximum absolute atomic E-state index is 11.5. The minimum Gasteiger partial charge on any atom is -0.488 e. The van der Waals surface area contributed by atoms with Crippen LogP contribution in [0.15, 0.2) is 37.1 Å². The maximum atomic E-state index is 11.5. The lowest BCUT2D eigenvalue weighted by Gasteiger charge is -2.20. The van der Waals surface area contributed by atoms with Gasteiger partial charge in [-0.2, -0.15) is 0 Å². The summed E-state index contributed by atoms with van der Waals surface area (Å²) >= 11 is 0. The Morgan fingerprint density at radius 3 is 2.53 bits per heavy atom. The van der Waals surface area contributed by atoms with Gasteiger partial charge in [0.05, 0.1) is 13.7 Å². The van der Waals surface area contributed by atoms with Crippen molar-refractivity contribution in [2.24, 2.45) is 23.5 Å². The number of amides is 1. The van der Waals surface area contributed by atoms with E-state index in [2.05, 4.69) is 37.6 Å². The molecule has 1 rings (SSSR count). The lowest BCUT2D eigenvalue weighted by atomic mass is 9.86. The minimum absolute atomic E-state index is 0.181. The predicted molar refractivity (Wildman–Crippen MR) is 121 cm³/mol. The number of pyridine rings is 1. The Hall–Kier alpha value is -2.34. The molecule has 0 aromatic carbocycles. The summed E-state index contributed by atoms with van der Waals surface area (Å²) < 4.78 is 16.2. The van der Waals surface area contributed by atoms with E-state index in [1.807, 2.05) is 12.3 Å². The van der Waals surface area contributed by atoms with E-state index in [4.69, 9.17) is 19.9 Å². The molecule has 30 heavy (non-hydrogen) atoms. The van der Waals surface area contributed by atoms with Crippen molar-refractivity contribution < 1.29 is 19.0 Å². The van der Waals surface area contributed by atoms with Crippen molar-refractivity contribution in [3.05, 3.63) is 42.6 Å². The van der Waals surface area contributed by atoms with Crippen molar-refractivity contribution in [3.8, 4) is 11.6 Å². The van der Waals surface area contributed by atoms with Gasteiger partial charge in [0, 0.05) is 32.3 Å². The molecule has 6 nitrogen and oxygen atoms in total. The normalized spacial score (nSPS) is 13.4. The Bertz CT molecular complexity index is 673. The average Bonchev–Trinajstić information content (AvgIpc) is 2.72. The minimum atomic E-state index is -0.276. The molecule has 1 heterocycles. The van der Waals surface area contributed by atoms with Gasteiger partial charge in [0.25, 0.3) is 5.88 Å². The van der Waals surface area contributed by atoms with Crippen LogP contribution in [0.2, 0.25) is 0 Å². The van der Waals surface area contributed by atoms with Crippen LogP contribution in [0.4, 0.5) is 0 Å². The summed E-state index contributed by atoms with van der Waals surface area (Å²) in [6.45, 7) is 9.35. The Labute approximate surface area is 181 Å². The van der Waals surface area contributed by atoms with Crippen LogP contribution in [0, 0.1) is 17.8 Å². The van der Waals surface area contributed by atoms with Crippen molar-refractivity contribution in [1.29, 1.82) is 0 Å². The van der Waals surface area contributed by atoms with Gasteiger partial charge in [0.15, 0.2) is 5.75 Å². The second-order valence-electron chi connectivity index (χ2n) is 7.82. The molecule has 0 aliphatic carbocycles. The van der Waals surface area contributed by atoms with Crippen molar-refractivity contribution in [1.82, 2.24) is 4.98 Å². The summed E-state index contributed by atoms with van der Waals surface area (Å²) in [5, 5.41) is 0. The van der Waals surface area contributed by atoms with Crippen LogP contribution in [0.3, 0.4) is 0 Å². The molecule has 0 aliphatic heterocycles. The Balaban J connectivity index is 2.74. The summed E-state index contributed by atoms with van der Waals surface area (Å²) in [5.41, 5.74) is 6.56. The Kier molecular flexibility index (Phi) is 12.5. The molecular formula is C24H38N2O4. The van der Waals surface area contributed by atoms with Crippen LogP contribution < -0.4 is 15.2 Å². The molecule has 1 aromatic rings. The second kappa shape index (κ2) is 14.6. The molecule has 0 radical (unpaired) electrons. The van der Waals surface area contributed by atoms with Crippen LogP contribution >= 0.6 is 0 Å². The third kappa shape index (κ3) is 9.44. The molecule has 0 fully saturated rings. The number of nitrogens with zero attached hydrogens (tertiary/aromatic N) is 1. The number of aromatic nitrogens is 1. The highest BCUT2D eigenvalue weighted by Gasteiger charge is 2.16. The fraction of sp³-hybridized carbons (Fsp3) is 0.583. The SMILES string of the molecule is C=CCC(CC=CCC(Cc1cnc(OC)c(OCCCOC)c1)C(C)C)C(N)=O. The molecule has 2 N–H and O–H groups in total. The van der Waals surface area contributed by atoms with Crippen LogP contribution in [0.25, 0.3) is 0 Å². The lowest BCUT2D eigenvalue weighted by molar-refractivity contribution is -0.121. The van der Waals surface area contributed by atoms with E-state index >= 15 is 0 Å². The molecule has 0 spiro atoms. The van der Waals surface area contributed by atoms with E-state index in [1.54, 1.807) is 20.3 Å². The molecule has 168 valence electrons. The van der Waals surface area contributed by atoms with Crippen molar-refractivity contribution in [2.75, 3.05) is 27.4 Å². The Morgan fingerprint density at radius 1 is 1.20 bits per heavy atom. The third-order valence-corrected chi connectivity index (χ3v) is 5.14. The van der Waals surface area contributed by atoms with Crippen LogP contribution in [0.5, 0.6) is 11.6 Å². The van der Waals surface area contributed by atoms with Gasteiger partial charge < -0.3 is 19.9 Å². The van der Waals surface area contributed by atoms with Gasteiger partial charge in [-0.25, -0.2) is 4.98 Å². The van der Waals surface area contributed by atoms with Crippen molar-refractivity contribution >= 4 is 5.91 Å². The molecule has 1 aromatic heterocycles. The number of carbonyl (C=O) groups excluding carboxylic acids is 1. The fourth-order valence-electron chi connectivity index (χ4n) is 3.18. The Morgan fingerprint density at radius 2 is 1.93 bits per heavy atom. The number of allylic oxidation sites excluding steroid dienone is 3. The van der Waals surface area contributed by atoms with E-state index < -0.39 is 0 Å². The topological polar surface area (TPSA) is 83.7 Å². The predicted octanol–water partition coefficient (Wildman–Crippen LogP) is 4.33. The van der Waals surface area contributed by atoms with Crippen molar-refractivity contribution in [3.63, 3.8) is 0 Å². The van der Waals surface area contributed by atoms with E-state index in [0.717, 1.165) is 24.8 Å². The molecule has 0 saturated heterocycles. The van der Waals surface area contributed by atoms with E-state index in [1.165, 1.54) is 0 Å². The first-order valence-corrected chi connectivity index (χ1v) is 10.6. The smallest absolute Gasteiger partial charge is 0.256 e. The summed E-state index contributed by atoms with van der Waals surface area (Å²) in [6, 6.07) is 2.02. The zero-order valence-electron chi connectivity index (χ0n) is 18.9. The van der Waals surface area contributed by atoms with Gasteiger partial charge >= 0.3 is 0 Å². The monoisotopic (exact) mass is 418 g/mol. The quantitative estimate of drug-likeness (QED) is 0.319. The largest absolute Gasteiger partial charge is 0.488 e. The van der Waals surface area contributed by atoms with E-state index in [-0.39, 0.29) is 11.8 Å². The van der Waals surface area contributed by atoms with Gasteiger partial charge in [-0.1, -0.05) is 32.1 Å². The highest BCUT2D eigenvalue weighted by molar-refractivity contribution is 5.76. The summed E-state index contributed by atoms with van der Waals surface area (Å²) in [6.07, 6.45) is 11.7. The summed E-state index contributed by atoms with van der Waals surface area (Å²) in [5.74, 6) is 1.66. The van der Waals surface area contributed by atoms with E-state index in [0.29, 0.717) is 49.5 Å². The second-order valence-corrected chi connectivity index (χ2v) is 7.82. The van der Waals surface area contributed by atoms with Gasteiger partial charge in [-0.15, -0.1) is 6.58 Å². The first-order valence-electron chi connectivity index (χ1n) is 10.6. The lowest BCUT2D eigenvalue weighted by Crippen LogP contribution is -2.22. The first-order chi connectivity index (χ1) is 14.4. The number of methoxy groups -OCH3 is 2. The number of rotatable bonds is 16. The fourth-order valence-corrected chi connectivity index (χ4v) is 3.18. The molecular weight excluding hydrogens is 380 g/mol. The molecule has 1 amide bonds. The van der Waals surface area contributed by atoms with Gasteiger partial charge in [-0.3, -0.25) is 4.79 Å². The first kappa shape index (κ1) is 25.7. The molecule has 0 bridgehead atoms. The molecule has 0 saturated carbocycles. The average molecular weight is 419 g/mol. The zero-order chi connectivity index (χ0) is 22.4. The maximum Gasteiger partial charge on any atom is 0.256 e. The van der Waals surface area contributed by atoms with Crippen LogP contribution in [-0.2, 0) is 16.0 Å². The van der Waals surface area contributed by atoms with Crippen molar-refractivity contribution in [2.45, 2.75) is 46.0 Å². The number of primary amides is 1. The van der Waals surface area contributed by atoms with Gasteiger partial charge in [0.1, 0.15) is 0 Å². The molecule has 2 atom stereocenters. The number of carbonyl (C=O) groups is 1. The van der Waals surface area contributed by atoms with Crippen LogP contribution in [0.1, 0.15) is 45.1 Å². The summed E-state index contributed by atoms with van der Waals surface area (Å²) in [4.78, 5) is 15.9. The zero-order valence-corrected chi connectivity index (χ0v) is 18.9. The van der Waals surface area contributed by atoms with Crippen LogP contribution in [-0.4, -0.2) is 38.3 Å².